The topological polar surface area (TPSA) is 59.3 Å². The van der Waals surface area contributed by atoms with Crippen LogP contribution in [0.5, 0.6) is 5.88 Å². The van der Waals surface area contributed by atoms with E-state index in [1.54, 1.807) is 11.8 Å². The molecule has 1 aromatic heterocycles. The van der Waals surface area contributed by atoms with Crippen LogP contribution in [0.25, 0.3) is 0 Å². The molecule has 17 heavy (non-hydrogen) atoms. The summed E-state index contributed by atoms with van der Waals surface area (Å²) in [5, 5.41) is 16.5. The van der Waals surface area contributed by atoms with Crippen molar-refractivity contribution >= 4 is 0 Å². The monoisotopic (exact) mass is 241 g/mol. The van der Waals surface area contributed by atoms with Crippen molar-refractivity contribution in [1.82, 2.24) is 15.1 Å². The lowest BCUT2D eigenvalue weighted by atomic mass is 10.1. The van der Waals surface area contributed by atoms with Gasteiger partial charge in [-0.2, -0.15) is 5.10 Å². The normalized spacial score (nSPS) is 12.8. The minimum Gasteiger partial charge on any atom is -0.481 e. The first-order chi connectivity index (χ1) is 8.10. The molecule has 5 nitrogen and oxygen atoms in total. The van der Waals surface area contributed by atoms with Gasteiger partial charge in [0.1, 0.15) is 0 Å². The molecule has 1 heterocycles. The van der Waals surface area contributed by atoms with Gasteiger partial charge in [-0.1, -0.05) is 6.92 Å². The van der Waals surface area contributed by atoms with Crippen molar-refractivity contribution in [3.8, 4) is 5.88 Å². The first-order valence-electron chi connectivity index (χ1n) is 5.98. The van der Waals surface area contributed by atoms with E-state index in [1.165, 1.54) is 0 Å². The fourth-order valence-electron chi connectivity index (χ4n) is 1.91. The summed E-state index contributed by atoms with van der Waals surface area (Å²) in [5.74, 6) is 1.28. The van der Waals surface area contributed by atoms with Crippen LogP contribution in [-0.4, -0.2) is 35.1 Å². The number of hydrogen-bond acceptors (Lipinski definition) is 4. The Morgan fingerprint density at radius 3 is 2.82 bits per heavy atom. The van der Waals surface area contributed by atoms with E-state index in [0.29, 0.717) is 5.92 Å². The standard InChI is InChI=1S/C12H23N3O2/c1-9(5-6-16)7-13-8-11-10(2)14-15(3)12(11)17-4/h9,13,16H,5-8H2,1-4H3. The third-order valence-electron chi connectivity index (χ3n) is 2.90. The molecular weight excluding hydrogens is 218 g/mol. The van der Waals surface area contributed by atoms with Gasteiger partial charge in [-0.05, 0) is 25.8 Å². The average molecular weight is 241 g/mol. The quantitative estimate of drug-likeness (QED) is 0.743. The van der Waals surface area contributed by atoms with Crippen LogP contribution in [0.15, 0.2) is 0 Å². The van der Waals surface area contributed by atoms with Crippen LogP contribution in [-0.2, 0) is 13.6 Å². The maximum atomic E-state index is 8.82. The molecule has 0 aromatic carbocycles. The summed E-state index contributed by atoms with van der Waals surface area (Å²) in [5.41, 5.74) is 2.10. The molecule has 1 aromatic rings. The molecule has 0 spiro atoms. The second-order valence-electron chi connectivity index (χ2n) is 4.45. The Bertz CT molecular complexity index is 350. The molecular formula is C12H23N3O2. The van der Waals surface area contributed by atoms with Crippen LogP contribution in [0, 0.1) is 12.8 Å². The number of nitrogens with zero attached hydrogens (tertiary/aromatic N) is 2. The highest BCUT2D eigenvalue weighted by atomic mass is 16.5. The number of hydrogen-bond donors (Lipinski definition) is 2. The van der Waals surface area contributed by atoms with Crippen molar-refractivity contribution in [1.29, 1.82) is 0 Å². The third-order valence-corrected chi connectivity index (χ3v) is 2.90. The lowest BCUT2D eigenvalue weighted by Gasteiger charge is -2.11. The Labute approximate surface area is 103 Å². The zero-order valence-electron chi connectivity index (χ0n) is 11.2. The number of aromatic nitrogens is 2. The second kappa shape index (κ2) is 6.61. The van der Waals surface area contributed by atoms with Crippen LogP contribution >= 0.6 is 0 Å². The van der Waals surface area contributed by atoms with E-state index in [2.05, 4.69) is 17.3 Å². The SMILES string of the molecule is COc1c(CNCC(C)CCO)c(C)nn1C. The van der Waals surface area contributed by atoms with E-state index in [9.17, 15) is 0 Å². The second-order valence-corrected chi connectivity index (χ2v) is 4.45. The number of methoxy groups -OCH3 is 1. The molecule has 0 aliphatic rings. The summed E-state index contributed by atoms with van der Waals surface area (Å²) in [6.45, 7) is 5.99. The first kappa shape index (κ1) is 14.0. The van der Waals surface area contributed by atoms with Crippen LogP contribution in [0.3, 0.4) is 0 Å². The maximum Gasteiger partial charge on any atom is 0.216 e. The Balaban J connectivity index is 2.51. The first-order valence-corrected chi connectivity index (χ1v) is 5.98. The molecule has 1 unspecified atom stereocenters. The number of aryl methyl sites for hydroxylation is 2. The maximum absolute atomic E-state index is 8.82. The van der Waals surface area contributed by atoms with E-state index >= 15 is 0 Å². The molecule has 98 valence electrons. The number of nitrogens with one attached hydrogen (secondary N) is 1. The molecule has 0 saturated heterocycles. The van der Waals surface area contributed by atoms with Crippen molar-refractivity contribution in [3.63, 3.8) is 0 Å². The predicted octanol–water partition coefficient (Wildman–Crippen LogP) is 0.845. The van der Waals surface area contributed by atoms with E-state index in [0.717, 1.165) is 36.6 Å². The summed E-state index contributed by atoms with van der Waals surface area (Å²) in [7, 11) is 3.54. The van der Waals surface area contributed by atoms with Crippen molar-refractivity contribution < 1.29 is 9.84 Å². The Hall–Kier alpha value is -1.07. The molecule has 0 aliphatic carbocycles. The van der Waals surface area contributed by atoms with E-state index in [4.69, 9.17) is 9.84 Å². The van der Waals surface area contributed by atoms with Gasteiger partial charge in [0.25, 0.3) is 0 Å². The highest BCUT2D eigenvalue weighted by Gasteiger charge is 2.13. The average Bonchev–Trinajstić information content (AvgIpc) is 2.54. The van der Waals surface area contributed by atoms with E-state index in [1.807, 2.05) is 14.0 Å². The van der Waals surface area contributed by atoms with Crippen LogP contribution < -0.4 is 10.1 Å². The van der Waals surface area contributed by atoms with Crippen molar-refractivity contribution in [2.24, 2.45) is 13.0 Å². The Morgan fingerprint density at radius 2 is 2.24 bits per heavy atom. The molecule has 0 saturated carbocycles. The van der Waals surface area contributed by atoms with Crippen molar-refractivity contribution in [2.45, 2.75) is 26.8 Å². The van der Waals surface area contributed by atoms with Crippen LogP contribution in [0.1, 0.15) is 24.6 Å². The summed E-state index contributed by atoms with van der Waals surface area (Å²) in [6, 6.07) is 0. The molecule has 5 heteroatoms. The van der Waals surface area contributed by atoms with Gasteiger partial charge in [0.15, 0.2) is 0 Å². The summed E-state index contributed by atoms with van der Waals surface area (Å²) < 4.78 is 7.08. The van der Waals surface area contributed by atoms with Crippen LogP contribution in [0.4, 0.5) is 0 Å². The lowest BCUT2D eigenvalue weighted by Crippen LogP contribution is -2.21. The van der Waals surface area contributed by atoms with Gasteiger partial charge < -0.3 is 15.2 Å². The fraction of sp³-hybridized carbons (Fsp3) is 0.750. The molecule has 0 fully saturated rings. The fourth-order valence-corrected chi connectivity index (χ4v) is 1.91. The summed E-state index contributed by atoms with van der Waals surface area (Å²) >= 11 is 0. The van der Waals surface area contributed by atoms with Crippen molar-refractivity contribution in [3.05, 3.63) is 11.3 Å². The highest BCUT2D eigenvalue weighted by Crippen LogP contribution is 2.20. The molecule has 0 amide bonds. The lowest BCUT2D eigenvalue weighted by molar-refractivity contribution is 0.260. The summed E-state index contributed by atoms with van der Waals surface area (Å²) in [4.78, 5) is 0. The zero-order valence-corrected chi connectivity index (χ0v) is 11.2. The summed E-state index contributed by atoms with van der Waals surface area (Å²) in [6.07, 6.45) is 0.830. The number of rotatable bonds is 7. The number of aliphatic hydroxyl groups excluding tert-OH is 1. The molecule has 0 aliphatic heterocycles. The van der Waals surface area contributed by atoms with E-state index in [-0.39, 0.29) is 6.61 Å². The van der Waals surface area contributed by atoms with Gasteiger partial charge in [0.05, 0.1) is 18.4 Å². The predicted molar refractivity (Wildman–Crippen MR) is 67.1 cm³/mol. The zero-order chi connectivity index (χ0) is 12.8. The van der Waals surface area contributed by atoms with E-state index < -0.39 is 0 Å². The van der Waals surface area contributed by atoms with Gasteiger partial charge in [0, 0.05) is 20.2 Å². The molecule has 0 radical (unpaired) electrons. The van der Waals surface area contributed by atoms with Gasteiger partial charge in [-0.3, -0.25) is 0 Å². The van der Waals surface area contributed by atoms with Crippen molar-refractivity contribution in [2.75, 3.05) is 20.3 Å². The molecule has 1 atom stereocenters. The Kier molecular flexibility index (Phi) is 5.44. The third kappa shape index (κ3) is 3.71. The molecule has 1 rings (SSSR count). The number of ether oxygens (including phenoxy) is 1. The number of aliphatic hydroxyl groups is 1. The van der Waals surface area contributed by atoms with Gasteiger partial charge >= 0.3 is 0 Å². The largest absolute Gasteiger partial charge is 0.481 e. The molecule has 2 N–H and O–H groups in total. The smallest absolute Gasteiger partial charge is 0.216 e. The van der Waals surface area contributed by atoms with Gasteiger partial charge in [0.2, 0.25) is 5.88 Å². The Morgan fingerprint density at radius 1 is 1.53 bits per heavy atom. The van der Waals surface area contributed by atoms with Gasteiger partial charge in [-0.15, -0.1) is 0 Å². The minimum absolute atomic E-state index is 0.248. The van der Waals surface area contributed by atoms with Gasteiger partial charge in [-0.25, -0.2) is 4.68 Å². The minimum atomic E-state index is 0.248. The van der Waals surface area contributed by atoms with Crippen LogP contribution in [0.2, 0.25) is 0 Å². The molecule has 0 bridgehead atoms. The highest BCUT2D eigenvalue weighted by molar-refractivity contribution is 5.30.